The van der Waals surface area contributed by atoms with Crippen LogP contribution in [0.2, 0.25) is 0 Å². The molecule has 10 nitrogen and oxygen atoms in total. The Morgan fingerprint density at radius 3 is 1.88 bits per heavy atom. The van der Waals surface area contributed by atoms with Crippen molar-refractivity contribution in [3.63, 3.8) is 0 Å². The van der Waals surface area contributed by atoms with Gasteiger partial charge in [0, 0.05) is 4.90 Å². The molecule has 12 heteroatoms. The average Bonchev–Trinajstić information content (AvgIpc) is 3.51. The van der Waals surface area contributed by atoms with E-state index in [1.807, 2.05) is 12.1 Å². The minimum Gasteiger partial charge on any atom is -0.508 e. The normalized spacial score (nSPS) is 17.3. The van der Waals surface area contributed by atoms with E-state index in [4.69, 9.17) is 28.4 Å². The second-order valence-corrected chi connectivity index (χ2v) is 13.6. The van der Waals surface area contributed by atoms with Gasteiger partial charge in [0.15, 0.2) is 32.8 Å². The smallest absolute Gasteiger partial charge is 0.203 e. The third kappa shape index (κ3) is 7.36. The molecule has 1 saturated heterocycles. The van der Waals surface area contributed by atoms with Crippen molar-refractivity contribution in [2.75, 3.05) is 46.6 Å². The maximum atomic E-state index is 13.4. The first kappa shape index (κ1) is 32.4. The van der Waals surface area contributed by atoms with Gasteiger partial charge in [0.1, 0.15) is 17.3 Å². The molecule has 3 atom stereocenters. The molecule has 43 heavy (non-hydrogen) atoms. The van der Waals surface area contributed by atoms with E-state index in [9.17, 15) is 17.7 Å². The van der Waals surface area contributed by atoms with Crippen molar-refractivity contribution < 1.29 is 46.2 Å². The molecule has 1 aliphatic heterocycles. The predicted octanol–water partition coefficient (Wildman–Crippen LogP) is 5.39. The number of phenols is 1. The van der Waals surface area contributed by atoms with Crippen molar-refractivity contribution in [3.8, 4) is 34.5 Å². The second-order valence-electron chi connectivity index (χ2n) is 9.91. The Morgan fingerprint density at radius 2 is 1.37 bits per heavy atom. The predicted molar refractivity (Wildman–Crippen MR) is 162 cm³/mol. The van der Waals surface area contributed by atoms with Crippen LogP contribution in [-0.2, 0) is 25.4 Å². The molecule has 1 aliphatic rings. The van der Waals surface area contributed by atoms with E-state index >= 15 is 0 Å². The van der Waals surface area contributed by atoms with E-state index in [0.29, 0.717) is 47.0 Å². The van der Waals surface area contributed by atoms with Gasteiger partial charge in [0.05, 0.1) is 63.0 Å². The third-order valence-electron chi connectivity index (χ3n) is 7.14. The summed E-state index contributed by atoms with van der Waals surface area (Å²) >= 11 is 0. The van der Waals surface area contributed by atoms with Crippen LogP contribution in [0, 0.1) is 0 Å². The molecule has 0 spiro atoms. The Bertz CT molecular complexity index is 1510. The van der Waals surface area contributed by atoms with Crippen LogP contribution in [0.5, 0.6) is 34.5 Å². The monoisotopic (exact) mass is 634 g/mol. The van der Waals surface area contributed by atoms with Gasteiger partial charge in [-0.1, -0.05) is 6.92 Å². The van der Waals surface area contributed by atoms with Crippen LogP contribution >= 0.6 is 0 Å². The fourth-order valence-electron chi connectivity index (χ4n) is 5.04. The van der Waals surface area contributed by atoms with Gasteiger partial charge >= 0.3 is 0 Å². The highest BCUT2D eigenvalue weighted by molar-refractivity contribution is 7.91. The van der Waals surface area contributed by atoms with Crippen molar-refractivity contribution in [1.82, 2.24) is 0 Å². The van der Waals surface area contributed by atoms with Crippen LogP contribution in [0.1, 0.15) is 49.5 Å². The quantitative estimate of drug-likeness (QED) is 0.247. The summed E-state index contributed by atoms with van der Waals surface area (Å²) in [4.78, 5) is 0.543. The Hall–Kier alpha value is -3.48. The second kappa shape index (κ2) is 14.3. The zero-order chi connectivity index (χ0) is 31.1. The van der Waals surface area contributed by atoms with Gasteiger partial charge in [0.25, 0.3) is 0 Å². The number of aromatic hydroxyl groups is 1. The van der Waals surface area contributed by atoms with E-state index in [2.05, 4.69) is 0 Å². The van der Waals surface area contributed by atoms with Crippen molar-refractivity contribution >= 4 is 20.6 Å². The molecule has 1 N–H and O–H groups in total. The molecule has 3 aromatic rings. The summed E-state index contributed by atoms with van der Waals surface area (Å²) in [5, 5.41) is 9.49. The van der Waals surface area contributed by atoms with Crippen molar-refractivity contribution in [3.05, 3.63) is 59.7 Å². The number of rotatable bonds is 14. The molecule has 4 rings (SSSR count). The van der Waals surface area contributed by atoms with Crippen LogP contribution in [0.25, 0.3) is 0 Å². The molecular formula is C31H38O10S2. The first-order valence-electron chi connectivity index (χ1n) is 13.9. The fourth-order valence-corrected chi connectivity index (χ4v) is 7.46. The Kier molecular flexibility index (Phi) is 10.8. The Morgan fingerprint density at radius 1 is 0.837 bits per heavy atom. The third-order valence-corrected chi connectivity index (χ3v) is 10.4. The van der Waals surface area contributed by atoms with Crippen molar-refractivity contribution in [2.45, 2.75) is 48.2 Å². The lowest BCUT2D eigenvalue weighted by Gasteiger charge is -2.21. The Labute approximate surface area is 255 Å². The number of methoxy groups -OCH3 is 4. The van der Waals surface area contributed by atoms with E-state index in [0.717, 1.165) is 5.56 Å². The van der Waals surface area contributed by atoms with Crippen LogP contribution in [0.3, 0.4) is 0 Å². The first-order valence-corrected chi connectivity index (χ1v) is 16.8. The molecule has 0 aliphatic carbocycles. The molecule has 0 amide bonds. The maximum Gasteiger partial charge on any atom is 0.203 e. The standard InChI is InChI=1S/C31H38O10S2/c1-6-15-43(34,35)29-19-21(18-28(38-4)31(29)40-13-14-42(33)23-9-7-22(32)8-10-23)25-12-11-24(41-25)20-16-26(36-2)30(39-5)27(17-20)37-3/h7-10,16-19,24-25,32H,6,11-15H2,1-5H3/t24-,25?,42?/m0/s1. The summed E-state index contributed by atoms with van der Waals surface area (Å²) in [5.41, 5.74) is 1.51. The summed E-state index contributed by atoms with van der Waals surface area (Å²) in [7, 11) is 0.953. The number of hydrogen-bond acceptors (Lipinski definition) is 10. The highest BCUT2D eigenvalue weighted by atomic mass is 32.2. The number of sulfone groups is 1. The number of ether oxygens (including phenoxy) is 6. The molecular weight excluding hydrogens is 596 g/mol. The zero-order valence-corrected chi connectivity index (χ0v) is 26.6. The number of benzene rings is 3. The molecule has 0 bridgehead atoms. The highest BCUT2D eigenvalue weighted by Gasteiger charge is 2.32. The van der Waals surface area contributed by atoms with Gasteiger partial charge in [-0.05, 0) is 78.9 Å². The van der Waals surface area contributed by atoms with E-state index in [-0.39, 0.29) is 46.4 Å². The summed E-state index contributed by atoms with van der Waals surface area (Å²) in [6, 6.07) is 13.1. The van der Waals surface area contributed by atoms with Crippen LogP contribution in [0.4, 0.5) is 0 Å². The molecule has 0 saturated carbocycles. The van der Waals surface area contributed by atoms with Crippen molar-refractivity contribution in [1.29, 1.82) is 0 Å². The summed E-state index contributed by atoms with van der Waals surface area (Å²) in [6.45, 7) is 1.78. The van der Waals surface area contributed by atoms with Crippen molar-refractivity contribution in [2.24, 2.45) is 0 Å². The largest absolute Gasteiger partial charge is 0.508 e. The van der Waals surface area contributed by atoms with Gasteiger partial charge in [-0.2, -0.15) is 0 Å². The van der Waals surface area contributed by atoms with Crippen LogP contribution < -0.4 is 23.7 Å². The molecule has 1 heterocycles. The summed E-state index contributed by atoms with van der Waals surface area (Å²) in [5.74, 6) is 1.98. The molecule has 1 fully saturated rings. The maximum absolute atomic E-state index is 13.4. The van der Waals surface area contributed by atoms with Gasteiger partial charge in [-0.15, -0.1) is 0 Å². The molecule has 234 valence electrons. The highest BCUT2D eigenvalue weighted by Crippen LogP contribution is 2.48. The molecule has 2 unspecified atom stereocenters. The van der Waals surface area contributed by atoms with E-state index < -0.39 is 26.7 Å². The summed E-state index contributed by atoms with van der Waals surface area (Å²) < 4.78 is 74.0. The van der Waals surface area contributed by atoms with Gasteiger partial charge in [-0.25, -0.2) is 8.42 Å². The fraction of sp³-hybridized carbons (Fsp3) is 0.419. The first-order chi connectivity index (χ1) is 20.6. The molecule has 3 aromatic carbocycles. The van der Waals surface area contributed by atoms with E-state index in [1.54, 1.807) is 52.5 Å². The van der Waals surface area contributed by atoms with Gasteiger partial charge in [-0.3, -0.25) is 4.21 Å². The average molecular weight is 635 g/mol. The summed E-state index contributed by atoms with van der Waals surface area (Å²) in [6.07, 6.45) is 1.06. The van der Waals surface area contributed by atoms with Crippen LogP contribution in [-0.4, -0.2) is 64.3 Å². The van der Waals surface area contributed by atoms with Gasteiger partial charge in [0.2, 0.25) is 5.75 Å². The number of hydrogen-bond donors (Lipinski definition) is 1. The minimum absolute atomic E-state index is 0.0129. The van der Waals surface area contributed by atoms with Gasteiger partial charge < -0.3 is 33.5 Å². The van der Waals surface area contributed by atoms with E-state index in [1.165, 1.54) is 19.2 Å². The topological polar surface area (TPSA) is 127 Å². The lowest BCUT2D eigenvalue weighted by atomic mass is 10.0. The number of phenolic OH excluding ortho intramolecular Hbond substituents is 1. The van der Waals surface area contributed by atoms with Crippen LogP contribution in [0.15, 0.2) is 58.3 Å². The minimum atomic E-state index is -3.74. The lowest BCUT2D eigenvalue weighted by Crippen LogP contribution is -2.14. The Balaban J connectivity index is 1.61. The molecule has 0 aromatic heterocycles. The molecule has 0 radical (unpaired) electrons. The zero-order valence-electron chi connectivity index (χ0n) is 25.0. The lowest BCUT2D eigenvalue weighted by molar-refractivity contribution is 0.0435. The SMILES string of the molecule is CCCS(=O)(=O)c1cc(C2CC[C@@H](c3cc(OC)c(OC)c(OC)c3)O2)cc(OC)c1OCCS(=O)c1ccc(O)cc1.